The summed E-state index contributed by atoms with van der Waals surface area (Å²) in [5, 5.41) is 0. The number of nitrogens with zero attached hydrogens (tertiary/aromatic N) is 2. The van der Waals surface area contributed by atoms with Crippen molar-refractivity contribution in [2.24, 2.45) is 9.98 Å². The minimum atomic E-state index is 0.127. The minimum Gasteiger partial charge on any atom is -0.455 e. The first kappa shape index (κ1) is 14.4. The van der Waals surface area contributed by atoms with Crippen LogP contribution in [0, 0.1) is 0 Å². The van der Waals surface area contributed by atoms with Crippen LogP contribution in [0.15, 0.2) is 46.4 Å². The van der Waals surface area contributed by atoms with Crippen molar-refractivity contribution in [3.63, 3.8) is 0 Å². The van der Waals surface area contributed by atoms with Crippen molar-refractivity contribution in [3.8, 4) is 11.5 Å². The van der Waals surface area contributed by atoms with E-state index in [1.54, 1.807) is 0 Å². The maximum atomic E-state index is 5.68. The van der Waals surface area contributed by atoms with Gasteiger partial charge < -0.3 is 9.47 Å². The van der Waals surface area contributed by atoms with Crippen molar-refractivity contribution in [1.29, 1.82) is 0 Å². The fraction of sp³-hybridized carbons (Fsp3) is 0.278. The lowest BCUT2D eigenvalue weighted by Gasteiger charge is -2.13. The Labute approximate surface area is 130 Å². The van der Waals surface area contributed by atoms with E-state index in [0.29, 0.717) is 11.5 Å². The second kappa shape index (κ2) is 6.46. The Morgan fingerprint density at radius 2 is 1.36 bits per heavy atom. The molecule has 112 valence electrons. The minimum absolute atomic E-state index is 0.127. The second-order valence-corrected chi connectivity index (χ2v) is 5.04. The van der Waals surface area contributed by atoms with Crippen LogP contribution in [0.1, 0.15) is 25.0 Å². The molecule has 2 aromatic carbocycles. The zero-order valence-electron chi connectivity index (χ0n) is 12.8. The number of hydrogen-bond acceptors (Lipinski definition) is 4. The Balaban J connectivity index is 2.04. The van der Waals surface area contributed by atoms with E-state index in [1.165, 1.54) is 11.1 Å². The highest BCUT2D eigenvalue weighted by molar-refractivity contribution is 5.65. The zero-order chi connectivity index (χ0) is 15.4. The number of fused-ring (bicyclic) bond motifs is 2. The van der Waals surface area contributed by atoms with Crippen molar-refractivity contribution in [2.45, 2.75) is 26.7 Å². The molecule has 0 bridgehead atoms. The van der Waals surface area contributed by atoms with Crippen LogP contribution in [0.5, 0.6) is 11.5 Å². The lowest BCUT2D eigenvalue weighted by atomic mass is 10.1. The molecule has 0 atom stereocenters. The van der Waals surface area contributed by atoms with E-state index in [2.05, 4.69) is 29.8 Å². The second-order valence-electron chi connectivity index (χ2n) is 5.04. The average molecular weight is 294 g/mol. The fourth-order valence-electron chi connectivity index (χ4n) is 2.27. The molecular formula is C18H18N2O2. The summed E-state index contributed by atoms with van der Waals surface area (Å²) >= 11 is 0. The van der Waals surface area contributed by atoms with Gasteiger partial charge in [-0.05, 0) is 48.2 Å². The van der Waals surface area contributed by atoms with Gasteiger partial charge in [-0.3, -0.25) is 0 Å². The molecule has 0 radical (unpaired) electrons. The number of benzene rings is 2. The number of ether oxygens (including phenoxy) is 2. The zero-order valence-corrected chi connectivity index (χ0v) is 12.8. The maximum Gasteiger partial charge on any atom is 0.231 e. The molecule has 0 unspecified atom stereocenters. The van der Waals surface area contributed by atoms with Crippen LogP contribution in [0.3, 0.4) is 0 Å². The highest BCUT2D eigenvalue weighted by Crippen LogP contribution is 2.32. The molecule has 0 N–H and O–H groups in total. The van der Waals surface area contributed by atoms with Crippen LogP contribution >= 0.6 is 0 Å². The van der Waals surface area contributed by atoms with Gasteiger partial charge in [-0.1, -0.05) is 26.0 Å². The molecule has 0 spiro atoms. The van der Waals surface area contributed by atoms with Gasteiger partial charge in [0, 0.05) is 0 Å². The monoisotopic (exact) mass is 294 g/mol. The first-order valence-corrected chi connectivity index (χ1v) is 7.48. The lowest BCUT2D eigenvalue weighted by Crippen LogP contribution is -2.06. The third kappa shape index (κ3) is 3.02. The van der Waals surface area contributed by atoms with Crippen LogP contribution in [0.4, 0.5) is 11.4 Å². The van der Waals surface area contributed by atoms with E-state index in [9.17, 15) is 0 Å². The van der Waals surface area contributed by atoms with Gasteiger partial charge in [0.15, 0.2) is 0 Å². The molecular weight excluding hydrogens is 276 g/mol. The Bertz CT molecular complexity index is 687. The van der Waals surface area contributed by atoms with Crippen LogP contribution in [-0.2, 0) is 12.8 Å². The van der Waals surface area contributed by atoms with Crippen molar-refractivity contribution in [1.82, 2.24) is 0 Å². The van der Waals surface area contributed by atoms with Crippen molar-refractivity contribution in [3.05, 3.63) is 47.5 Å². The molecule has 2 aromatic rings. The van der Waals surface area contributed by atoms with E-state index in [4.69, 9.17) is 9.47 Å². The number of rotatable bonds is 2. The number of hydrogen-bond donors (Lipinski definition) is 0. The molecule has 22 heavy (non-hydrogen) atoms. The quantitative estimate of drug-likeness (QED) is 0.807. The topological polar surface area (TPSA) is 43.2 Å². The van der Waals surface area contributed by atoms with E-state index >= 15 is 0 Å². The first-order valence-electron chi connectivity index (χ1n) is 7.48. The maximum absolute atomic E-state index is 5.68. The normalized spacial score (nSPS) is 12.8. The summed E-state index contributed by atoms with van der Waals surface area (Å²) < 4.78 is 11.4. The predicted octanol–water partition coefficient (Wildman–Crippen LogP) is 4.68. The van der Waals surface area contributed by atoms with Gasteiger partial charge in [-0.2, -0.15) is 9.98 Å². The van der Waals surface area contributed by atoms with Crippen molar-refractivity contribution >= 4 is 17.4 Å². The Hall–Kier alpha value is -2.58. The van der Waals surface area contributed by atoms with Gasteiger partial charge >= 0.3 is 0 Å². The molecule has 4 nitrogen and oxygen atoms in total. The summed E-state index contributed by atoms with van der Waals surface area (Å²) in [7, 11) is 0. The third-order valence-corrected chi connectivity index (χ3v) is 3.63. The predicted molar refractivity (Wildman–Crippen MR) is 86.9 cm³/mol. The molecule has 3 rings (SSSR count). The molecule has 0 aliphatic carbocycles. The molecule has 0 saturated carbocycles. The summed E-state index contributed by atoms with van der Waals surface area (Å²) in [4.78, 5) is 8.63. The Morgan fingerprint density at radius 3 is 1.82 bits per heavy atom. The smallest absolute Gasteiger partial charge is 0.231 e. The van der Waals surface area contributed by atoms with E-state index < -0.39 is 0 Å². The SMILES string of the molecule is CCc1ccc2c(c1)N=C=Nc1cc(CC)ccc1OCO2. The van der Waals surface area contributed by atoms with Gasteiger partial charge in [0.2, 0.25) is 6.79 Å². The molecule has 0 saturated heterocycles. The summed E-state index contributed by atoms with van der Waals surface area (Å²) in [6.07, 6.45) is 1.89. The van der Waals surface area contributed by atoms with Crippen molar-refractivity contribution < 1.29 is 9.47 Å². The van der Waals surface area contributed by atoms with Gasteiger partial charge in [0.1, 0.15) is 28.9 Å². The van der Waals surface area contributed by atoms with Crippen molar-refractivity contribution in [2.75, 3.05) is 6.79 Å². The summed E-state index contributed by atoms with van der Waals surface area (Å²) in [6.45, 7) is 4.33. The molecule has 1 aliphatic heterocycles. The van der Waals surface area contributed by atoms with Crippen LogP contribution in [0.25, 0.3) is 0 Å². The number of aliphatic imine (C=N–C) groups is 2. The van der Waals surface area contributed by atoms with Gasteiger partial charge in [0.05, 0.1) is 0 Å². The van der Waals surface area contributed by atoms with Gasteiger partial charge in [-0.15, -0.1) is 0 Å². The van der Waals surface area contributed by atoms with Crippen LogP contribution < -0.4 is 9.47 Å². The fourth-order valence-corrected chi connectivity index (χ4v) is 2.27. The molecule has 0 amide bonds. The standard InChI is InChI=1S/C18H18N2O2/c1-3-13-5-7-17-15(9-13)19-11-20-16-10-14(4-2)6-8-18(16)22-12-21-17/h5-10H,3-4,12H2,1-2H3. The van der Waals surface area contributed by atoms with E-state index in [1.807, 2.05) is 36.4 Å². The van der Waals surface area contributed by atoms with Gasteiger partial charge in [-0.25, -0.2) is 0 Å². The Kier molecular flexibility index (Phi) is 4.22. The van der Waals surface area contributed by atoms with E-state index in [-0.39, 0.29) is 6.79 Å². The van der Waals surface area contributed by atoms with Crippen LogP contribution in [-0.4, -0.2) is 12.8 Å². The van der Waals surface area contributed by atoms with E-state index in [0.717, 1.165) is 24.2 Å². The molecule has 4 heteroatoms. The number of aryl methyl sites for hydroxylation is 2. The molecule has 0 fully saturated rings. The largest absolute Gasteiger partial charge is 0.455 e. The summed E-state index contributed by atoms with van der Waals surface area (Å²) in [6, 6.07) is 14.6. The third-order valence-electron chi connectivity index (χ3n) is 3.63. The highest BCUT2D eigenvalue weighted by atomic mass is 16.7. The molecule has 0 aromatic heterocycles. The highest BCUT2D eigenvalue weighted by Gasteiger charge is 2.08. The molecule has 1 aliphatic rings. The summed E-state index contributed by atoms with van der Waals surface area (Å²) in [5.41, 5.74) is 3.84. The average Bonchev–Trinajstić information content (AvgIpc) is 2.57. The summed E-state index contributed by atoms with van der Waals surface area (Å²) in [5.74, 6) is 1.35. The van der Waals surface area contributed by atoms with Gasteiger partial charge in [0.25, 0.3) is 0 Å². The first-order chi connectivity index (χ1) is 10.8. The molecule has 1 heterocycles. The Morgan fingerprint density at radius 1 is 0.864 bits per heavy atom. The van der Waals surface area contributed by atoms with Crippen LogP contribution in [0.2, 0.25) is 0 Å². The lowest BCUT2D eigenvalue weighted by molar-refractivity contribution is 0.121.